The maximum Gasteiger partial charge on any atom is 0.146 e. The van der Waals surface area contributed by atoms with E-state index in [-0.39, 0.29) is 5.82 Å². The largest absolute Gasteiger partial charge is 0.495 e. The summed E-state index contributed by atoms with van der Waals surface area (Å²) < 4.78 is 24.2. The van der Waals surface area contributed by atoms with Gasteiger partial charge >= 0.3 is 0 Å². The van der Waals surface area contributed by atoms with Crippen molar-refractivity contribution in [2.24, 2.45) is 5.73 Å². The Hall–Kier alpha value is -1.78. The number of rotatable bonds is 4. The van der Waals surface area contributed by atoms with Gasteiger partial charge in [-0.2, -0.15) is 0 Å². The number of hydrogen-bond donors (Lipinski definition) is 1. The van der Waals surface area contributed by atoms with E-state index in [1.807, 2.05) is 0 Å². The summed E-state index contributed by atoms with van der Waals surface area (Å²) >= 11 is 6.22. The minimum atomic E-state index is -0.543. The zero-order valence-electron chi connectivity index (χ0n) is 12.1. The predicted octanol–water partition coefficient (Wildman–Crippen LogP) is 3.85. The third-order valence-corrected chi connectivity index (χ3v) is 3.76. The number of hydrogen-bond acceptors (Lipinski definition) is 3. The lowest BCUT2D eigenvalue weighted by Gasteiger charge is -2.19. The third-order valence-electron chi connectivity index (χ3n) is 3.41. The van der Waals surface area contributed by atoms with Gasteiger partial charge in [-0.05, 0) is 36.2 Å². The molecule has 0 radical (unpaired) electrons. The second-order valence-corrected chi connectivity index (χ2v) is 5.07. The van der Waals surface area contributed by atoms with Crippen molar-refractivity contribution in [3.05, 3.63) is 57.9 Å². The first kappa shape index (κ1) is 15.6. The molecule has 0 aliphatic carbocycles. The summed E-state index contributed by atoms with van der Waals surface area (Å²) in [6.07, 6.45) is 0. The molecule has 0 bridgehead atoms. The van der Waals surface area contributed by atoms with Gasteiger partial charge in [-0.25, -0.2) is 4.39 Å². The molecule has 0 fully saturated rings. The summed E-state index contributed by atoms with van der Waals surface area (Å²) in [7, 11) is 3.03. The zero-order chi connectivity index (χ0) is 15.6. The van der Waals surface area contributed by atoms with Crippen molar-refractivity contribution in [2.45, 2.75) is 13.0 Å². The number of aryl methyl sites for hydroxylation is 1. The lowest BCUT2D eigenvalue weighted by atomic mass is 9.97. The van der Waals surface area contributed by atoms with Crippen LogP contribution in [0.3, 0.4) is 0 Å². The van der Waals surface area contributed by atoms with Crippen LogP contribution in [-0.2, 0) is 0 Å². The minimum absolute atomic E-state index is 0.290. The van der Waals surface area contributed by atoms with Gasteiger partial charge in [0.25, 0.3) is 0 Å². The first-order valence-electron chi connectivity index (χ1n) is 6.41. The molecule has 1 unspecified atom stereocenters. The number of halogens is 2. The van der Waals surface area contributed by atoms with Gasteiger partial charge in [0.2, 0.25) is 0 Å². The van der Waals surface area contributed by atoms with E-state index in [9.17, 15) is 4.39 Å². The molecule has 3 nitrogen and oxygen atoms in total. The molecule has 0 saturated heterocycles. The maximum absolute atomic E-state index is 13.7. The van der Waals surface area contributed by atoms with E-state index in [0.717, 1.165) is 0 Å². The van der Waals surface area contributed by atoms with E-state index in [4.69, 9.17) is 26.8 Å². The summed E-state index contributed by atoms with van der Waals surface area (Å²) in [5, 5.41) is 0.348. The van der Waals surface area contributed by atoms with Crippen LogP contribution in [0, 0.1) is 12.7 Å². The van der Waals surface area contributed by atoms with E-state index in [2.05, 4.69) is 0 Å². The molecule has 2 aromatic carbocycles. The highest BCUT2D eigenvalue weighted by atomic mass is 35.5. The van der Waals surface area contributed by atoms with Crippen LogP contribution in [0.5, 0.6) is 11.5 Å². The summed E-state index contributed by atoms with van der Waals surface area (Å²) in [4.78, 5) is 0. The van der Waals surface area contributed by atoms with Crippen LogP contribution < -0.4 is 15.2 Å². The molecule has 0 amide bonds. The fourth-order valence-corrected chi connectivity index (χ4v) is 2.47. The lowest BCUT2D eigenvalue weighted by molar-refractivity contribution is 0.390. The fourth-order valence-electron chi connectivity index (χ4n) is 2.15. The molecular formula is C16H17ClFNO2. The van der Waals surface area contributed by atoms with Gasteiger partial charge < -0.3 is 15.2 Å². The van der Waals surface area contributed by atoms with E-state index in [0.29, 0.717) is 33.2 Å². The van der Waals surface area contributed by atoms with Gasteiger partial charge in [0, 0.05) is 5.56 Å². The van der Waals surface area contributed by atoms with Gasteiger partial charge in [-0.1, -0.05) is 23.7 Å². The van der Waals surface area contributed by atoms with Crippen molar-refractivity contribution in [3.63, 3.8) is 0 Å². The second kappa shape index (κ2) is 6.33. The smallest absolute Gasteiger partial charge is 0.146 e. The average molecular weight is 310 g/mol. The van der Waals surface area contributed by atoms with Crippen molar-refractivity contribution in [1.82, 2.24) is 0 Å². The molecule has 0 aliphatic heterocycles. The summed E-state index contributed by atoms with van der Waals surface area (Å²) in [5.41, 5.74) is 8.12. The van der Waals surface area contributed by atoms with Crippen molar-refractivity contribution in [1.29, 1.82) is 0 Å². The van der Waals surface area contributed by atoms with E-state index in [1.165, 1.54) is 20.3 Å². The van der Waals surface area contributed by atoms with Crippen molar-refractivity contribution in [2.75, 3.05) is 14.2 Å². The molecule has 0 saturated carbocycles. The van der Waals surface area contributed by atoms with Gasteiger partial charge in [-0.3, -0.25) is 0 Å². The summed E-state index contributed by atoms with van der Waals surface area (Å²) in [6.45, 7) is 1.70. The Labute approximate surface area is 128 Å². The molecule has 5 heteroatoms. The Kier molecular flexibility index (Phi) is 4.70. The Balaban J connectivity index is 2.50. The molecule has 2 aromatic rings. The van der Waals surface area contributed by atoms with Crippen molar-refractivity contribution < 1.29 is 13.9 Å². The highest BCUT2D eigenvalue weighted by Crippen LogP contribution is 2.40. The molecule has 2 N–H and O–H groups in total. The Bertz CT molecular complexity index is 661. The van der Waals surface area contributed by atoms with Crippen LogP contribution in [0.15, 0.2) is 30.3 Å². The third kappa shape index (κ3) is 2.96. The number of benzene rings is 2. The van der Waals surface area contributed by atoms with Crippen LogP contribution in [-0.4, -0.2) is 14.2 Å². The fraction of sp³-hybridized carbons (Fsp3) is 0.250. The van der Waals surface area contributed by atoms with Gasteiger partial charge in [0.05, 0.1) is 20.3 Å². The molecule has 0 aliphatic rings. The molecule has 0 aromatic heterocycles. The molecule has 1 atom stereocenters. The normalized spacial score (nSPS) is 12.1. The summed E-state index contributed by atoms with van der Waals surface area (Å²) in [5.74, 6) is 0.644. The highest BCUT2D eigenvalue weighted by molar-refractivity contribution is 6.33. The molecule has 112 valence electrons. The monoisotopic (exact) mass is 309 g/mol. The van der Waals surface area contributed by atoms with Crippen LogP contribution in [0.25, 0.3) is 0 Å². The van der Waals surface area contributed by atoms with Crippen LogP contribution in [0.4, 0.5) is 4.39 Å². The first-order valence-corrected chi connectivity index (χ1v) is 6.79. The zero-order valence-corrected chi connectivity index (χ0v) is 12.9. The standard InChI is InChI=1S/C16H17ClFNO2/c1-9-4-5-10(8-12(9)18)15(19)11-6-7-13(20-2)14(17)16(11)21-3/h4-8,15H,19H2,1-3H3. The van der Waals surface area contributed by atoms with Crippen molar-refractivity contribution >= 4 is 11.6 Å². The second-order valence-electron chi connectivity index (χ2n) is 4.69. The van der Waals surface area contributed by atoms with Crippen LogP contribution in [0.1, 0.15) is 22.7 Å². The molecule has 2 rings (SSSR count). The Morgan fingerprint density at radius 3 is 2.43 bits per heavy atom. The predicted molar refractivity (Wildman–Crippen MR) is 81.7 cm³/mol. The number of nitrogens with two attached hydrogens (primary N) is 1. The van der Waals surface area contributed by atoms with Gasteiger partial charge in [-0.15, -0.1) is 0 Å². The minimum Gasteiger partial charge on any atom is -0.495 e. The van der Waals surface area contributed by atoms with Crippen LogP contribution in [0.2, 0.25) is 5.02 Å². The molecule has 21 heavy (non-hydrogen) atoms. The van der Waals surface area contributed by atoms with Gasteiger partial charge in [0.15, 0.2) is 0 Å². The molecule has 0 spiro atoms. The Morgan fingerprint density at radius 2 is 1.86 bits per heavy atom. The maximum atomic E-state index is 13.7. The topological polar surface area (TPSA) is 44.5 Å². The number of methoxy groups -OCH3 is 2. The average Bonchev–Trinajstić information content (AvgIpc) is 2.49. The first-order chi connectivity index (χ1) is 9.99. The summed E-state index contributed by atoms with van der Waals surface area (Å²) in [6, 6.07) is 7.86. The lowest BCUT2D eigenvalue weighted by Crippen LogP contribution is -2.14. The highest BCUT2D eigenvalue weighted by Gasteiger charge is 2.20. The van der Waals surface area contributed by atoms with Crippen LogP contribution >= 0.6 is 11.6 Å². The SMILES string of the molecule is COc1ccc(C(N)c2ccc(C)c(F)c2)c(OC)c1Cl. The van der Waals surface area contributed by atoms with Gasteiger partial charge in [0.1, 0.15) is 22.3 Å². The van der Waals surface area contributed by atoms with E-state index < -0.39 is 6.04 Å². The molecule has 0 heterocycles. The Morgan fingerprint density at radius 1 is 1.14 bits per heavy atom. The van der Waals surface area contributed by atoms with E-state index in [1.54, 1.807) is 31.2 Å². The van der Waals surface area contributed by atoms with Crippen molar-refractivity contribution in [3.8, 4) is 11.5 Å². The van der Waals surface area contributed by atoms with E-state index >= 15 is 0 Å². The quantitative estimate of drug-likeness (QED) is 0.933. The number of ether oxygens (including phenoxy) is 2. The molecular weight excluding hydrogens is 293 g/mol.